The van der Waals surface area contributed by atoms with Crippen LogP contribution in [0.5, 0.6) is 0 Å². The maximum absolute atomic E-state index is 11.9. The minimum absolute atomic E-state index is 0.118. The number of rotatable bonds is 5. The Morgan fingerprint density at radius 3 is 3.00 bits per heavy atom. The molecule has 4 nitrogen and oxygen atoms in total. The van der Waals surface area contributed by atoms with E-state index in [1.165, 1.54) is 12.8 Å². The first-order valence-corrected chi connectivity index (χ1v) is 6.59. The molecule has 1 N–H and O–H groups in total. The minimum Gasteiger partial charge on any atom is -0.352 e. The summed E-state index contributed by atoms with van der Waals surface area (Å²) in [4.78, 5) is 16.1. The van der Waals surface area contributed by atoms with Crippen molar-refractivity contribution in [2.45, 2.75) is 58.0 Å². The van der Waals surface area contributed by atoms with Crippen LogP contribution in [-0.2, 0) is 17.8 Å². The Morgan fingerprint density at radius 2 is 2.29 bits per heavy atom. The number of nitrogens with zero attached hydrogens (tertiary/aromatic N) is 2. The number of nitrogens with one attached hydrogen (secondary N) is 1. The highest BCUT2D eigenvalue weighted by atomic mass is 16.2. The summed E-state index contributed by atoms with van der Waals surface area (Å²) in [6, 6.07) is 0.403. The van der Waals surface area contributed by atoms with Gasteiger partial charge in [0.05, 0.1) is 0 Å². The van der Waals surface area contributed by atoms with E-state index in [9.17, 15) is 4.79 Å². The molecule has 1 aromatic heterocycles. The second-order valence-electron chi connectivity index (χ2n) is 4.77. The van der Waals surface area contributed by atoms with Gasteiger partial charge in [-0.15, -0.1) is 0 Å². The summed E-state index contributed by atoms with van der Waals surface area (Å²) in [5.74, 6) is 1.13. The molecule has 1 aromatic rings. The lowest BCUT2D eigenvalue weighted by molar-refractivity contribution is -0.122. The molecule has 2 rings (SSSR count). The summed E-state index contributed by atoms with van der Waals surface area (Å²) in [6.07, 6.45) is 10.4. The van der Waals surface area contributed by atoms with Crippen LogP contribution >= 0.6 is 0 Å². The number of carbonyl (C=O) groups is 1. The van der Waals surface area contributed by atoms with Crippen LogP contribution in [0.3, 0.4) is 0 Å². The van der Waals surface area contributed by atoms with E-state index in [0.717, 1.165) is 31.5 Å². The van der Waals surface area contributed by atoms with Crippen molar-refractivity contribution >= 4 is 5.91 Å². The lowest BCUT2D eigenvalue weighted by atomic mass is 10.2. The standard InChI is InChI=1S/C13H21N3O/c1-2-5-12-14-8-9-16(12)10-13(17)15-11-6-3-4-7-11/h8-9,11H,2-7,10H2,1H3,(H,15,17). The largest absolute Gasteiger partial charge is 0.352 e. The molecule has 0 aromatic carbocycles. The Bertz CT molecular complexity index is 366. The molecular formula is C13H21N3O. The zero-order valence-corrected chi connectivity index (χ0v) is 10.5. The van der Waals surface area contributed by atoms with Gasteiger partial charge in [0.15, 0.2) is 0 Å². The van der Waals surface area contributed by atoms with Crippen molar-refractivity contribution in [3.05, 3.63) is 18.2 Å². The van der Waals surface area contributed by atoms with Crippen LogP contribution in [0.15, 0.2) is 12.4 Å². The summed E-state index contributed by atoms with van der Waals surface area (Å²) in [5, 5.41) is 3.10. The van der Waals surface area contributed by atoms with Crippen LogP contribution in [0.4, 0.5) is 0 Å². The monoisotopic (exact) mass is 235 g/mol. The molecule has 1 fully saturated rings. The van der Waals surface area contributed by atoms with Crippen molar-refractivity contribution < 1.29 is 4.79 Å². The first kappa shape index (κ1) is 12.1. The van der Waals surface area contributed by atoms with E-state index in [2.05, 4.69) is 17.2 Å². The molecule has 1 aliphatic rings. The van der Waals surface area contributed by atoms with Crippen molar-refractivity contribution in [2.75, 3.05) is 0 Å². The van der Waals surface area contributed by atoms with Gasteiger partial charge in [0.1, 0.15) is 12.4 Å². The van der Waals surface area contributed by atoms with E-state index < -0.39 is 0 Å². The van der Waals surface area contributed by atoms with Gasteiger partial charge in [-0.25, -0.2) is 4.98 Å². The number of amides is 1. The van der Waals surface area contributed by atoms with Gasteiger partial charge in [-0.05, 0) is 19.3 Å². The van der Waals surface area contributed by atoms with E-state index in [4.69, 9.17) is 0 Å². The molecule has 1 saturated carbocycles. The number of imidazole rings is 1. The fourth-order valence-electron chi connectivity index (χ4n) is 2.43. The van der Waals surface area contributed by atoms with E-state index in [1.54, 1.807) is 6.20 Å². The molecule has 1 amide bonds. The van der Waals surface area contributed by atoms with Crippen molar-refractivity contribution in [3.63, 3.8) is 0 Å². The molecule has 0 aliphatic heterocycles. The Kier molecular flexibility index (Phi) is 4.18. The first-order chi connectivity index (χ1) is 8.29. The maximum atomic E-state index is 11.9. The minimum atomic E-state index is 0.118. The average Bonchev–Trinajstić information content (AvgIpc) is 2.92. The Hall–Kier alpha value is -1.32. The topological polar surface area (TPSA) is 46.9 Å². The molecule has 0 unspecified atom stereocenters. The Morgan fingerprint density at radius 1 is 1.53 bits per heavy atom. The number of aromatic nitrogens is 2. The number of aryl methyl sites for hydroxylation is 1. The smallest absolute Gasteiger partial charge is 0.240 e. The van der Waals surface area contributed by atoms with Gasteiger partial charge in [-0.1, -0.05) is 19.8 Å². The lowest BCUT2D eigenvalue weighted by Crippen LogP contribution is -2.35. The van der Waals surface area contributed by atoms with E-state index in [0.29, 0.717) is 12.6 Å². The Labute approximate surface area is 102 Å². The van der Waals surface area contributed by atoms with Gasteiger partial charge in [-0.2, -0.15) is 0 Å². The molecule has 1 heterocycles. The summed E-state index contributed by atoms with van der Waals surface area (Å²) in [7, 11) is 0. The highest BCUT2D eigenvalue weighted by Gasteiger charge is 2.17. The highest BCUT2D eigenvalue weighted by molar-refractivity contribution is 5.76. The third kappa shape index (κ3) is 3.32. The summed E-state index contributed by atoms with van der Waals surface area (Å²) in [6.45, 7) is 2.53. The van der Waals surface area contributed by atoms with E-state index in [-0.39, 0.29) is 5.91 Å². The summed E-state index contributed by atoms with van der Waals surface area (Å²) in [5.41, 5.74) is 0. The highest BCUT2D eigenvalue weighted by Crippen LogP contribution is 2.17. The zero-order chi connectivity index (χ0) is 12.1. The quantitative estimate of drug-likeness (QED) is 0.847. The van der Waals surface area contributed by atoms with E-state index >= 15 is 0 Å². The Balaban J connectivity index is 1.86. The maximum Gasteiger partial charge on any atom is 0.240 e. The number of carbonyl (C=O) groups excluding carboxylic acids is 1. The zero-order valence-electron chi connectivity index (χ0n) is 10.5. The number of hydrogen-bond acceptors (Lipinski definition) is 2. The molecule has 0 spiro atoms. The van der Waals surface area contributed by atoms with Crippen LogP contribution in [-0.4, -0.2) is 21.5 Å². The first-order valence-electron chi connectivity index (χ1n) is 6.59. The third-order valence-corrected chi connectivity index (χ3v) is 3.31. The fraction of sp³-hybridized carbons (Fsp3) is 0.692. The molecular weight excluding hydrogens is 214 g/mol. The van der Waals surface area contributed by atoms with Crippen LogP contribution in [0, 0.1) is 0 Å². The summed E-state index contributed by atoms with van der Waals surface area (Å²) >= 11 is 0. The SMILES string of the molecule is CCCc1nccn1CC(=O)NC1CCCC1. The molecule has 1 aliphatic carbocycles. The van der Waals surface area contributed by atoms with Crippen LogP contribution in [0.2, 0.25) is 0 Å². The van der Waals surface area contributed by atoms with Gasteiger partial charge in [-0.3, -0.25) is 4.79 Å². The molecule has 17 heavy (non-hydrogen) atoms. The molecule has 0 atom stereocenters. The predicted octanol–water partition coefficient (Wildman–Crippen LogP) is 1.89. The second kappa shape index (κ2) is 5.84. The lowest BCUT2D eigenvalue weighted by Gasteiger charge is -2.13. The molecule has 0 saturated heterocycles. The average molecular weight is 235 g/mol. The van der Waals surface area contributed by atoms with E-state index in [1.807, 2.05) is 10.8 Å². The molecule has 0 radical (unpaired) electrons. The van der Waals surface area contributed by atoms with Gasteiger partial charge in [0, 0.05) is 24.9 Å². The molecule has 0 bridgehead atoms. The van der Waals surface area contributed by atoms with Crippen molar-refractivity contribution in [1.29, 1.82) is 0 Å². The predicted molar refractivity (Wildman–Crippen MR) is 66.6 cm³/mol. The second-order valence-corrected chi connectivity index (χ2v) is 4.77. The van der Waals surface area contributed by atoms with Crippen molar-refractivity contribution in [2.24, 2.45) is 0 Å². The van der Waals surface area contributed by atoms with Gasteiger partial charge in [0.25, 0.3) is 0 Å². The van der Waals surface area contributed by atoms with Crippen LogP contribution < -0.4 is 5.32 Å². The molecule has 94 valence electrons. The summed E-state index contributed by atoms with van der Waals surface area (Å²) < 4.78 is 1.95. The van der Waals surface area contributed by atoms with Gasteiger partial charge < -0.3 is 9.88 Å². The van der Waals surface area contributed by atoms with Crippen LogP contribution in [0.25, 0.3) is 0 Å². The molecule has 4 heteroatoms. The van der Waals surface area contributed by atoms with Crippen LogP contribution in [0.1, 0.15) is 44.9 Å². The third-order valence-electron chi connectivity index (χ3n) is 3.31. The van der Waals surface area contributed by atoms with Crippen molar-refractivity contribution in [3.8, 4) is 0 Å². The normalized spacial score (nSPS) is 16.3. The van der Waals surface area contributed by atoms with Gasteiger partial charge in [0.2, 0.25) is 5.91 Å². The van der Waals surface area contributed by atoms with Crippen molar-refractivity contribution in [1.82, 2.24) is 14.9 Å². The fourth-order valence-corrected chi connectivity index (χ4v) is 2.43. The van der Waals surface area contributed by atoms with Gasteiger partial charge >= 0.3 is 0 Å². The number of hydrogen-bond donors (Lipinski definition) is 1.